The highest BCUT2D eigenvalue weighted by Crippen LogP contribution is 2.48. The van der Waals surface area contributed by atoms with Gasteiger partial charge in [0.05, 0.1) is 35.6 Å². The normalized spacial score (nSPS) is 10.7. The summed E-state index contributed by atoms with van der Waals surface area (Å²) in [6.07, 6.45) is 2.93. The van der Waals surface area contributed by atoms with Gasteiger partial charge in [-0.1, -0.05) is 41.9 Å². The zero-order valence-electron chi connectivity index (χ0n) is 18.5. The van der Waals surface area contributed by atoms with Crippen LogP contribution >= 0.6 is 34.5 Å². The van der Waals surface area contributed by atoms with Crippen molar-refractivity contribution in [2.45, 2.75) is 6.92 Å². The third kappa shape index (κ3) is 4.52. The predicted molar refractivity (Wildman–Crippen MR) is 139 cm³/mol. The number of hydrogen-bond donors (Lipinski definition) is 2. The number of anilines is 3. The van der Waals surface area contributed by atoms with Crippen LogP contribution in [0.15, 0.2) is 49.2 Å². The van der Waals surface area contributed by atoms with E-state index in [0.29, 0.717) is 44.4 Å². The Morgan fingerprint density at radius 1 is 1.15 bits per heavy atom. The van der Waals surface area contributed by atoms with Crippen LogP contribution in [-0.4, -0.2) is 30.1 Å². The van der Waals surface area contributed by atoms with Crippen LogP contribution < -0.4 is 20.1 Å². The third-order valence-electron chi connectivity index (χ3n) is 5.05. The summed E-state index contributed by atoms with van der Waals surface area (Å²) in [5, 5.41) is 7.60. The number of para-hydroxylation sites is 1. The molecule has 0 fully saturated rings. The summed E-state index contributed by atoms with van der Waals surface area (Å²) >= 11 is 14.6. The number of nitrogens with zero attached hydrogens (tertiary/aromatic N) is 2. The number of amides is 1. The lowest BCUT2D eigenvalue weighted by atomic mass is 10.1. The molecule has 34 heavy (non-hydrogen) atoms. The molecule has 4 rings (SSSR count). The number of aryl methyl sites for hydroxylation is 1. The zero-order chi connectivity index (χ0) is 24.4. The van der Waals surface area contributed by atoms with Crippen molar-refractivity contribution in [2.24, 2.45) is 0 Å². The minimum absolute atomic E-state index is 0.310. The second kappa shape index (κ2) is 9.89. The van der Waals surface area contributed by atoms with Crippen molar-refractivity contribution in [3.05, 3.63) is 64.8 Å². The molecular weight excluding hydrogens is 495 g/mol. The molecule has 7 nitrogen and oxygen atoms in total. The lowest BCUT2D eigenvalue weighted by molar-refractivity contribution is -0.111. The van der Waals surface area contributed by atoms with E-state index in [1.165, 1.54) is 31.6 Å². The van der Waals surface area contributed by atoms with E-state index >= 15 is 0 Å². The number of benzene rings is 2. The van der Waals surface area contributed by atoms with Crippen molar-refractivity contribution >= 4 is 68.0 Å². The number of thiophene rings is 1. The van der Waals surface area contributed by atoms with Gasteiger partial charge in [0.2, 0.25) is 11.9 Å². The number of rotatable bonds is 7. The third-order valence-corrected chi connectivity index (χ3v) is 6.86. The molecular formula is C24H20Cl2N4O3S. The van der Waals surface area contributed by atoms with Gasteiger partial charge in [-0.2, -0.15) is 0 Å². The molecule has 0 aliphatic heterocycles. The van der Waals surface area contributed by atoms with Gasteiger partial charge in [-0.15, -0.1) is 11.3 Å². The number of nitrogens with one attached hydrogen (secondary N) is 2. The molecule has 0 saturated heterocycles. The number of hydrogen-bond acceptors (Lipinski definition) is 7. The maximum absolute atomic E-state index is 11.8. The molecule has 0 bridgehead atoms. The van der Waals surface area contributed by atoms with E-state index in [0.717, 1.165) is 20.7 Å². The van der Waals surface area contributed by atoms with Crippen LogP contribution in [-0.2, 0) is 4.79 Å². The van der Waals surface area contributed by atoms with Gasteiger partial charge in [0.1, 0.15) is 16.3 Å². The molecule has 10 heteroatoms. The minimum atomic E-state index is -0.310. The van der Waals surface area contributed by atoms with Gasteiger partial charge in [-0.05, 0) is 30.7 Å². The van der Waals surface area contributed by atoms with Gasteiger partial charge >= 0.3 is 0 Å². The maximum Gasteiger partial charge on any atom is 0.247 e. The van der Waals surface area contributed by atoms with E-state index in [9.17, 15) is 4.79 Å². The van der Waals surface area contributed by atoms with Crippen LogP contribution in [0.5, 0.6) is 11.5 Å². The predicted octanol–water partition coefficient (Wildman–Crippen LogP) is 6.86. The topological polar surface area (TPSA) is 85.4 Å². The highest BCUT2D eigenvalue weighted by Gasteiger charge is 2.21. The van der Waals surface area contributed by atoms with Crippen molar-refractivity contribution in [2.75, 3.05) is 24.9 Å². The Kier molecular flexibility index (Phi) is 6.92. The largest absolute Gasteiger partial charge is 0.495 e. The quantitative estimate of drug-likeness (QED) is 0.262. The Hall–Kier alpha value is -3.33. The molecule has 174 valence electrons. The van der Waals surface area contributed by atoms with E-state index in [1.54, 1.807) is 18.3 Å². The Balaban J connectivity index is 1.75. The van der Waals surface area contributed by atoms with Crippen LogP contribution in [0.1, 0.15) is 5.56 Å². The number of ether oxygens (including phenoxy) is 2. The summed E-state index contributed by atoms with van der Waals surface area (Å²) in [5.41, 5.74) is 2.81. The van der Waals surface area contributed by atoms with Crippen molar-refractivity contribution in [3.63, 3.8) is 0 Å². The molecule has 1 amide bonds. The lowest BCUT2D eigenvalue weighted by Crippen LogP contribution is -2.10. The molecule has 2 aromatic heterocycles. The van der Waals surface area contributed by atoms with E-state index < -0.39 is 0 Å². The summed E-state index contributed by atoms with van der Waals surface area (Å²) in [6, 6.07) is 9.13. The Labute approximate surface area is 210 Å². The standard InChI is InChI=1S/C24H20Cl2N4O3S/c1-5-18(31)28-14-8-6-7-12(2)22(14)29-24-27-11-13-9-17(34-23(13)30-24)19-20(25)15(32-3)10-16(33-4)21(19)26/h5-11H,1H2,2-4H3,(H,28,31)(H,27,29,30). The number of methoxy groups -OCH3 is 2. The van der Waals surface area contributed by atoms with Gasteiger partial charge in [0.25, 0.3) is 0 Å². The van der Waals surface area contributed by atoms with Crippen LogP contribution in [0.25, 0.3) is 20.7 Å². The molecule has 0 saturated carbocycles. The molecule has 0 atom stereocenters. The van der Waals surface area contributed by atoms with E-state index in [2.05, 4.69) is 27.2 Å². The molecule has 4 aromatic rings. The fourth-order valence-corrected chi connectivity index (χ4v) is 5.23. The van der Waals surface area contributed by atoms with Crippen molar-refractivity contribution in [1.82, 2.24) is 9.97 Å². The number of aromatic nitrogens is 2. The van der Waals surface area contributed by atoms with Crippen molar-refractivity contribution < 1.29 is 14.3 Å². The van der Waals surface area contributed by atoms with Crippen LogP contribution in [0.2, 0.25) is 10.0 Å². The molecule has 2 N–H and O–H groups in total. The van der Waals surface area contributed by atoms with Crippen molar-refractivity contribution in [3.8, 4) is 21.9 Å². The number of fused-ring (bicyclic) bond motifs is 1. The van der Waals surface area contributed by atoms with Gasteiger partial charge in [0, 0.05) is 28.1 Å². The summed E-state index contributed by atoms with van der Waals surface area (Å²) < 4.78 is 10.8. The molecule has 0 unspecified atom stereocenters. The first-order valence-electron chi connectivity index (χ1n) is 10.0. The number of carbonyl (C=O) groups is 1. The fraction of sp³-hybridized carbons (Fsp3) is 0.125. The van der Waals surface area contributed by atoms with E-state index in [1.807, 2.05) is 25.1 Å². The van der Waals surface area contributed by atoms with Gasteiger partial charge < -0.3 is 20.1 Å². The molecule has 0 radical (unpaired) electrons. The second-order valence-electron chi connectivity index (χ2n) is 7.16. The minimum Gasteiger partial charge on any atom is -0.495 e. The first-order chi connectivity index (χ1) is 16.4. The Morgan fingerprint density at radius 2 is 1.85 bits per heavy atom. The Morgan fingerprint density at radius 3 is 2.50 bits per heavy atom. The molecule has 0 aliphatic carbocycles. The van der Waals surface area contributed by atoms with Crippen LogP contribution in [0.4, 0.5) is 17.3 Å². The molecule has 2 aromatic carbocycles. The van der Waals surface area contributed by atoms with E-state index in [-0.39, 0.29) is 5.91 Å². The van der Waals surface area contributed by atoms with E-state index in [4.69, 9.17) is 32.7 Å². The van der Waals surface area contributed by atoms with Gasteiger partial charge in [-0.25, -0.2) is 9.97 Å². The summed E-state index contributed by atoms with van der Waals surface area (Å²) in [6.45, 7) is 5.42. The zero-order valence-corrected chi connectivity index (χ0v) is 20.9. The first kappa shape index (κ1) is 23.8. The highest BCUT2D eigenvalue weighted by molar-refractivity contribution is 7.22. The fourth-order valence-electron chi connectivity index (χ4n) is 3.35. The summed E-state index contributed by atoms with van der Waals surface area (Å²) in [5.74, 6) is 0.982. The second-order valence-corrected chi connectivity index (χ2v) is 8.95. The SMILES string of the molecule is C=CC(=O)Nc1cccc(C)c1Nc1ncc2cc(-c3c(Cl)c(OC)cc(OC)c3Cl)sc2n1. The smallest absolute Gasteiger partial charge is 0.247 e. The summed E-state index contributed by atoms with van der Waals surface area (Å²) in [4.78, 5) is 22.4. The lowest BCUT2D eigenvalue weighted by Gasteiger charge is -2.14. The Bertz CT molecular complexity index is 1390. The molecule has 0 spiro atoms. The molecule has 2 heterocycles. The first-order valence-corrected chi connectivity index (χ1v) is 11.6. The van der Waals surface area contributed by atoms with Gasteiger partial charge in [-0.3, -0.25) is 4.79 Å². The molecule has 0 aliphatic rings. The van der Waals surface area contributed by atoms with Crippen LogP contribution in [0.3, 0.4) is 0 Å². The monoisotopic (exact) mass is 514 g/mol. The summed E-state index contributed by atoms with van der Waals surface area (Å²) in [7, 11) is 3.06. The van der Waals surface area contributed by atoms with Crippen molar-refractivity contribution in [1.29, 1.82) is 0 Å². The van der Waals surface area contributed by atoms with Crippen LogP contribution in [0, 0.1) is 6.92 Å². The average Bonchev–Trinajstić information content (AvgIpc) is 3.24. The highest BCUT2D eigenvalue weighted by atomic mass is 35.5. The maximum atomic E-state index is 11.8. The van der Waals surface area contributed by atoms with Gasteiger partial charge in [0.15, 0.2) is 0 Å². The number of halogens is 2. The number of carbonyl (C=O) groups excluding carboxylic acids is 1. The average molecular weight is 515 g/mol.